The standard InChI is InChI=1S/C14H16N4O3/c1-8-4-5-18-12(16-8)10(7-15-18)13(19)17-11(14(20)21)6-9-2-3-9/h4-5,7,9,11H,2-3,6H2,1H3,(H,17,19)(H,20,21). The third-order valence-corrected chi connectivity index (χ3v) is 3.62. The van der Waals surface area contributed by atoms with Gasteiger partial charge in [0, 0.05) is 11.9 Å². The molecule has 2 aromatic rings. The van der Waals surface area contributed by atoms with Crippen molar-refractivity contribution in [3.63, 3.8) is 0 Å². The minimum Gasteiger partial charge on any atom is -0.480 e. The predicted octanol–water partition coefficient (Wildman–Crippen LogP) is 1.02. The number of amides is 1. The summed E-state index contributed by atoms with van der Waals surface area (Å²) in [7, 11) is 0. The number of aliphatic carboxylic acids is 1. The highest BCUT2D eigenvalue weighted by Gasteiger charge is 2.31. The minimum absolute atomic E-state index is 0.292. The normalized spacial score (nSPS) is 15.9. The van der Waals surface area contributed by atoms with Gasteiger partial charge in [0.15, 0.2) is 5.65 Å². The lowest BCUT2D eigenvalue weighted by atomic mass is 10.1. The lowest BCUT2D eigenvalue weighted by Gasteiger charge is -2.13. The van der Waals surface area contributed by atoms with Gasteiger partial charge >= 0.3 is 5.97 Å². The van der Waals surface area contributed by atoms with Crippen LogP contribution in [0.4, 0.5) is 0 Å². The van der Waals surface area contributed by atoms with Gasteiger partial charge in [0.1, 0.15) is 11.6 Å². The Balaban J connectivity index is 1.82. The van der Waals surface area contributed by atoms with Crippen molar-refractivity contribution in [2.75, 3.05) is 0 Å². The second-order valence-electron chi connectivity index (χ2n) is 5.44. The average molecular weight is 288 g/mol. The van der Waals surface area contributed by atoms with Crippen LogP contribution in [-0.2, 0) is 4.79 Å². The molecule has 1 saturated carbocycles. The van der Waals surface area contributed by atoms with Crippen LogP contribution in [-0.4, -0.2) is 37.6 Å². The van der Waals surface area contributed by atoms with Crippen LogP contribution in [0, 0.1) is 12.8 Å². The van der Waals surface area contributed by atoms with Gasteiger partial charge in [0.05, 0.1) is 6.20 Å². The summed E-state index contributed by atoms with van der Waals surface area (Å²) in [5.74, 6) is -1.04. The number of nitrogens with zero attached hydrogens (tertiary/aromatic N) is 3. The molecule has 3 rings (SSSR count). The molecule has 0 radical (unpaired) electrons. The summed E-state index contributed by atoms with van der Waals surface area (Å²) in [6, 6.07) is 0.930. The van der Waals surface area contributed by atoms with Crippen LogP contribution in [0.3, 0.4) is 0 Å². The lowest BCUT2D eigenvalue weighted by Crippen LogP contribution is -2.41. The summed E-state index contributed by atoms with van der Waals surface area (Å²) in [6.07, 6.45) is 5.68. The first-order valence-corrected chi connectivity index (χ1v) is 6.89. The molecule has 21 heavy (non-hydrogen) atoms. The van der Waals surface area contributed by atoms with Crippen molar-refractivity contribution >= 4 is 17.5 Å². The zero-order valence-corrected chi connectivity index (χ0v) is 11.6. The summed E-state index contributed by atoms with van der Waals surface area (Å²) < 4.78 is 1.50. The first-order valence-electron chi connectivity index (χ1n) is 6.89. The molecule has 0 bridgehead atoms. The van der Waals surface area contributed by atoms with Crippen molar-refractivity contribution in [2.24, 2.45) is 5.92 Å². The fourth-order valence-corrected chi connectivity index (χ4v) is 2.26. The summed E-state index contributed by atoms with van der Waals surface area (Å²) in [5, 5.41) is 15.8. The Kier molecular flexibility index (Phi) is 3.32. The zero-order valence-electron chi connectivity index (χ0n) is 11.6. The Morgan fingerprint density at radius 2 is 2.29 bits per heavy atom. The SMILES string of the molecule is Cc1ccn2ncc(C(=O)NC(CC3CC3)C(=O)O)c2n1. The molecule has 0 spiro atoms. The number of carboxylic acids is 1. The maximum atomic E-state index is 12.3. The summed E-state index contributed by atoms with van der Waals surface area (Å²) >= 11 is 0. The van der Waals surface area contributed by atoms with E-state index in [1.807, 2.05) is 6.92 Å². The molecule has 7 heteroatoms. The van der Waals surface area contributed by atoms with Crippen LogP contribution in [0.1, 0.15) is 35.3 Å². The van der Waals surface area contributed by atoms with Crippen molar-refractivity contribution < 1.29 is 14.7 Å². The molecular weight excluding hydrogens is 272 g/mol. The molecule has 2 N–H and O–H groups in total. The van der Waals surface area contributed by atoms with Gasteiger partial charge in [-0.15, -0.1) is 0 Å². The van der Waals surface area contributed by atoms with E-state index in [2.05, 4.69) is 15.4 Å². The largest absolute Gasteiger partial charge is 0.480 e. The molecule has 1 amide bonds. The Hall–Kier alpha value is -2.44. The monoisotopic (exact) mass is 288 g/mol. The molecule has 1 unspecified atom stereocenters. The topological polar surface area (TPSA) is 96.6 Å². The van der Waals surface area contributed by atoms with Crippen LogP contribution in [0.25, 0.3) is 5.65 Å². The van der Waals surface area contributed by atoms with Gasteiger partial charge < -0.3 is 10.4 Å². The van der Waals surface area contributed by atoms with Gasteiger partial charge in [0.2, 0.25) is 0 Å². The number of nitrogens with one attached hydrogen (secondary N) is 1. The second kappa shape index (κ2) is 5.16. The highest BCUT2D eigenvalue weighted by molar-refractivity contribution is 6.01. The third kappa shape index (κ3) is 2.86. The van der Waals surface area contributed by atoms with Crippen LogP contribution in [0.15, 0.2) is 18.5 Å². The zero-order chi connectivity index (χ0) is 15.0. The molecule has 1 aliphatic rings. The van der Waals surface area contributed by atoms with E-state index in [9.17, 15) is 14.7 Å². The molecule has 2 heterocycles. The predicted molar refractivity (Wildman–Crippen MR) is 74.0 cm³/mol. The van der Waals surface area contributed by atoms with E-state index < -0.39 is 17.9 Å². The van der Waals surface area contributed by atoms with E-state index in [0.29, 0.717) is 23.5 Å². The van der Waals surface area contributed by atoms with E-state index in [1.54, 1.807) is 12.3 Å². The molecule has 0 aromatic carbocycles. The van der Waals surface area contributed by atoms with E-state index in [-0.39, 0.29) is 0 Å². The van der Waals surface area contributed by atoms with Crippen LogP contribution >= 0.6 is 0 Å². The number of aryl methyl sites for hydroxylation is 1. The molecule has 7 nitrogen and oxygen atoms in total. The number of hydrogen-bond acceptors (Lipinski definition) is 4. The van der Waals surface area contributed by atoms with Crippen LogP contribution in [0.2, 0.25) is 0 Å². The number of carbonyl (C=O) groups is 2. The fourth-order valence-electron chi connectivity index (χ4n) is 2.26. The highest BCUT2D eigenvalue weighted by atomic mass is 16.4. The first-order chi connectivity index (χ1) is 10.0. The molecule has 0 saturated heterocycles. The van der Waals surface area contributed by atoms with Crippen LogP contribution in [0.5, 0.6) is 0 Å². The Labute approximate surface area is 121 Å². The molecular formula is C14H16N4O3. The van der Waals surface area contributed by atoms with Gasteiger partial charge in [-0.2, -0.15) is 5.10 Å². The maximum Gasteiger partial charge on any atom is 0.326 e. The van der Waals surface area contributed by atoms with E-state index in [1.165, 1.54) is 10.7 Å². The number of carboxylic acid groups (broad SMARTS) is 1. The van der Waals surface area contributed by atoms with Crippen molar-refractivity contribution in [1.82, 2.24) is 19.9 Å². The van der Waals surface area contributed by atoms with Gasteiger partial charge in [-0.05, 0) is 25.3 Å². The Morgan fingerprint density at radius 3 is 2.95 bits per heavy atom. The summed E-state index contributed by atoms with van der Waals surface area (Å²) in [6.45, 7) is 1.82. The lowest BCUT2D eigenvalue weighted by molar-refractivity contribution is -0.139. The van der Waals surface area contributed by atoms with Gasteiger partial charge in [-0.25, -0.2) is 14.3 Å². The molecule has 1 atom stereocenters. The third-order valence-electron chi connectivity index (χ3n) is 3.62. The summed E-state index contributed by atoms with van der Waals surface area (Å²) in [5.41, 5.74) is 1.49. The molecule has 1 aliphatic carbocycles. The molecule has 1 fully saturated rings. The minimum atomic E-state index is -1.00. The van der Waals surface area contributed by atoms with E-state index in [0.717, 1.165) is 18.5 Å². The van der Waals surface area contributed by atoms with E-state index >= 15 is 0 Å². The van der Waals surface area contributed by atoms with Crippen molar-refractivity contribution in [3.8, 4) is 0 Å². The first kappa shape index (κ1) is 13.5. The molecule has 0 aliphatic heterocycles. The summed E-state index contributed by atoms with van der Waals surface area (Å²) in [4.78, 5) is 27.8. The molecule has 2 aromatic heterocycles. The second-order valence-corrected chi connectivity index (χ2v) is 5.44. The van der Waals surface area contributed by atoms with Crippen molar-refractivity contribution in [2.45, 2.75) is 32.2 Å². The number of fused-ring (bicyclic) bond motifs is 1. The quantitative estimate of drug-likeness (QED) is 0.856. The number of aromatic nitrogens is 3. The smallest absolute Gasteiger partial charge is 0.326 e. The van der Waals surface area contributed by atoms with Crippen molar-refractivity contribution in [3.05, 3.63) is 29.7 Å². The van der Waals surface area contributed by atoms with E-state index in [4.69, 9.17) is 0 Å². The number of rotatable bonds is 5. The molecule has 110 valence electrons. The Bertz CT molecular complexity index is 705. The van der Waals surface area contributed by atoms with Gasteiger partial charge in [-0.3, -0.25) is 4.79 Å². The van der Waals surface area contributed by atoms with Crippen molar-refractivity contribution in [1.29, 1.82) is 0 Å². The van der Waals surface area contributed by atoms with Gasteiger partial charge in [-0.1, -0.05) is 12.8 Å². The van der Waals surface area contributed by atoms with Gasteiger partial charge in [0.25, 0.3) is 5.91 Å². The number of carbonyl (C=O) groups excluding carboxylic acids is 1. The maximum absolute atomic E-state index is 12.3. The average Bonchev–Trinajstić information content (AvgIpc) is 3.15. The fraction of sp³-hybridized carbons (Fsp3) is 0.429. The Morgan fingerprint density at radius 1 is 1.52 bits per heavy atom. The van der Waals surface area contributed by atoms with Crippen LogP contribution < -0.4 is 5.32 Å². The number of hydrogen-bond donors (Lipinski definition) is 2. The highest BCUT2D eigenvalue weighted by Crippen LogP contribution is 2.33.